The molecule has 2 aromatic rings. The van der Waals surface area contributed by atoms with Crippen LogP contribution in [0.4, 0.5) is 18.9 Å². The fraction of sp³-hybridized carbons (Fsp3) is 0.267. The van der Waals surface area contributed by atoms with E-state index in [4.69, 9.17) is 0 Å². The predicted octanol–water partition coefficient (Wildman–Crippen LogP) is 4.37. The van der Waals surface area contributed by atoms with Gasteiger partial charge in [-0.3, -0.25) is 4.98 Å². The summed E-state index contributed by atoms with van der Waals surface area (Å²) in [7, 11) is 0. The summed E-state index contributed by atoms with van der Waals surface area (Å²) in [6, 6.07) is 4.98. The number of hydrogen-bond acceptors (Lipinski definition) is 2. The molecule has 1 atom stereocenters. The number of benzene rings is 1. The van der Waals surface area contributed by atoms with Crippen molar-refractivity contribution in [3.63, 3.8) is 0 Å². The highest BCUT2D eigenvalue weighted by Crippen LogP contribution is 2.27. The van der Waals surface area contributed by atoms with Crippen LogP contribution >= 0.6 is 0 Å². The van der Waals surface area contributed by atoms with Gasteiger partial charge in [0.2, 0.25) is 0 Å². The van der Waals surface area contributed by atoms with E-state index in [-0.39, 0.29) is 11.7 Å². The van der Waals surface area contributed by atoms with E-state index in [0.29, 0.717) is 17.7 Å². The van der Waals surface area contributed by atoms with Crippen molar-refractivity contribution in [1.29, 1.82) is 0 Å². The second kappa shape index (κ2) is 5.94. The Bertz CT molecular complexity index is 597. The smallest absolute Gasteiger partial charge is 0.152 e. The highest BCUT2D eigenvalue weighted by atomic mass is 19.1. The zero-order valence-electron chi connectivity index (χ0n) is 11.3. The zero-order valence-corrected chi connectivity index (χ0v) is 11.3. The van der Waals surface area contributed by atoms with Crippen LogP contribution in [0.5, 0.6) is 0 Å². The number of aromatic nitrogens is 1. The van der Waals surface area contributed by atoms with Gasteiger partial charge in [-0.2, -0.15) is 0 Å². The third-order valence-corrected chi connectivity index (χ3v) is 3.12. The van der Waals surface area contributed by atoms with Crippen LogP contribution < -0.4 is 5.32 Å². The molecule has 2 rings (SSSR count). The topological polar surface area (TPSA) is 24.9 Å². The maximum Gasteiger partial charge on any atom is 0.152 e. The molecule has 0 amide bonds. The molecule has 20 heavy (non-hydrogen) atoms. The molecule has 2 nitrogen and oxygen atoms in total. The molecule has 0 radical (unpaired) electrons. The van der Waals surface area contributed by atoms with Crippen LogP contribution in [-0.2, 0) is 0 Å². The van der Waals surface area contributed by atoms with E-state index in [2.05, 4.69) is 10.3 Å². The number of hydrogen-bond donors (Lipinski definition) is 1. The van der Waals surface area contributed by atoms with E-state index in [9.17, 15) is 13.2 Å². The van der Waals surface area contributed by atoms with Crippen molar-refractivity contribution >= 4 is 5.69 Å². The number of aryl methyl sites for hydroxylation is 1. The molecule has 0 spiro atoms. The molecule has 1 aromatic heterocycles. The molecule has 1 heterocycles. The Balaban J connectivity index is 2.31. The molecule has 0 aliphatic rings. The highest BCUT2D eigenvalue weighted by molar-refractivity contribution is 5.50. The predicted molar refractivity (Wildman–Crippen MR) is 71.9 cm³/mol. The first-order valence-electron chi connectivity index (χ1n) is 6.35. The molecule has 5 heteroatoms. The zero-order chi connectivity index (χ0) is 14.7. The minimum Gasteiger partial charge on any atom is -0.372 e. The van der Waals surface area contributed by atoms with Gasteiger partial charge in [-0.05, 0) is 37.1 Å². The number of nitrogens with zero attached hydrogens (tertiary/aromatic N) is 1. The van der Waals surface area contributed by atoms with Gasteiger partial charge in [-0.25, -0.2) is 13.2 Å². The second-order valence-corrected chi connectivity index (χ2v) is 4.56. The van der Waals surface area contributed by atoms with Gasteiger partial charge in [0.1, 0.15) is 17.3 Å². The third kappa shape index (κ3) is 2.92. The summed E-state index contributed by atoms with van der Waals surface area (Å²) in [5.41, 5.74) is 0.716. The molecule has 1 N–H and O–H groups in total. The lowest BCUT2D eigenvalue weighted by Gasteiger charge is -2.19. The van der Waals surface area contributed by atoms with Crippen LogP contribution in [0, 0.1) is 24.4 Å². The SMILES string of the molecule is CCC(Nc1c(F)ccc(C)c1F)c1ccc(F)cn1. The summed E-state index contributed by atoms with van der Waals surface area (Å²) in [4.78, 5) is 3.94. The summed E-state index contributed by atoms with van der Waals surface area (Å²) >= 11 is 0. The van der Waals surface area contributed by atoms with Crippen LogP contribution in [0.2, 0.25) is 0 Å². The van der Waals surface area contributed by atoms with Gasteiger partial charge in [0, 0.05) is 0 Å². The van der Waals surface area contributed by atoms with Crippen molar-refractivity contribution < 1.29 is 13.2 Å². The highest BCUT2D eigenvalue weighted by Gasteiger charge is 2.17. The van der Waals surface area contributed by atoms with E-state index < -0.39 is 17.5 Å². The van der Waals surface area contributed by atoms with Gasteiger partial charge in [-0.15, -0.1) is 0 Å². The third-order valence-electron chi connectivity index (χ3n) is 3.12. The van der Waals surface area contributed by atoms with Gasteiger partial charge >= 0.3 is 0 Å². The lowest BCUT2D eigenvalue weighted by molar-refractivity contribution is 0.573. The summed E-state index contributed by atoms with van der Waals surface area (Å²) in [5.74, 6) is -1.73. The van der Waals surface area contributed by atoms with E-state index >= 15 is 0 Å². The van der Waals surface area contributed by atoms with E-state index in [1.165, 1.54) is 24.3 Å². The summed E-state index contributed by atoms with van der Waals surface area (Å²) in [6.45, 7) is 3.42. The average molecular weight is 280 g/mol. The van der Waals surface area contributed by atoms with Crippen molar-refractivity contribution in [3.8, 4) is 0 Å². The Hall–Kier alpha value is -2.04. The first kappa shape index (κ1) is 14.4. The molecular formula is C15H15F3N2. The molecule has 0 aliphatic heterocycles. The van der Waals surface area contributed by atoms with Crippen molar-refractivity contribution in [2.24, 2.45) is 0 Å². The molecular weight excluding hydrogens is 265 g/mol. The van der Waals surface area contributed by atoms with Crippen molar-refractivity contribution in [1.82, 2.24) is 4.98 Å². The quantitative estimate of drug-likeness (QED) is 0.899. The van der Waals surface area contributed by atoms with Crippen molar-refractivity contribution in [2.45, 2.75) is 26.3 Å². The number of pyridine rings is 1. The Morgan fingerprint density at radius 2 is 1.90 bits per heavy atom. The lowest BCUT2D eigenvalue weighted by atomic mass is 10.1. The van der Waals surface area contributed by atoms with Crippen molar-refractivity contribution in [2.75, 3.05) is 5.32 Å². The van der Waals surface area contributed by atoms with Crippen LogP contribution in [-0.4, -0.2) is 4.98 Å². The van der Waals surface area contributed by atoms with Gasteiger partial charge in [-0.1, -0.05) is 13.0 Å². The molecule has 0 fully saturated rings. The average Bonchev–Trinajstić information content (AvgIpc) is 2.45. The van der Waals surface area contributed by atoms with E-state index in [1.807, 2.05) is 6.92 Å². The Morgan fingerprint density at radius 1 is 1.15 bits per heavy atom. The maximum atomic E-state index is 14.0. The molecule has 0 saturated heterocycles. The van der Waals surface area contributed by atoms with Crippen LogP contribution in [0.1, 0.15) is 30.6 Å². The van der Waals surface area contributed by atoms with Crippen LogP contribution in [0.25, 0.3) is 0 Å². The van der Waals surface area contributed by atoms with Crippen molar-refractivity contribution in [3.05, 3.63) is 59.2 Å². The Morgan fingerprint density at radius 3 is 2.50 bits per heavy atom. The Kier molecular flexibility index (Phi) is 4.27. The van der Waals surface area contributed by atoms with E-state index in [0.717, 1.165) is 6.20 Å². The lowest BCUT2D eigenvalue weighted by Crippen LogP contribution is -2.14. The minimum absolute atomic E-state index is 0.178. The van der Waals surface area contributed by atoms with Gasteiger partial charge in [0.05, 0.1) is 17.9 Å². The molecule has 0 bridgehead atoms. The molecule has 1 aromatic carbocycles. The first-order chi connectivity index (χ1) is 9.52. The summed E-state index contributed by atoms with van der Waals surface area (Å²) in [6.07, 6.45) is 1.65. The fourth-order valence-electron chi connectivity index (χ4n) is 1.94. The van der Waals surface area contributed by atoms with Crippen LogP contribution in [0.15, 0.2) is 30.5 Å². The maximum absolute atomic E-state index is 14.0. The largest absolute Gasteiger partial charge is 0.372 e. The summed E-state index contributed by atoms with van der Waals surface area (Å²) in [5, 5.41) is 2.81. The second-order valence-electron chi connectivity index (χ2n) is 4.56. The number of halogens is 3. The minimum atomic E-state index is -0.659. The number of nitrogens with one attached hydrogen (secondary N) is 1. The van der Waals surface area contributed by atoms with E-state index in [1.54, 1.807) is 6.92 Å². The standard InChI is InChI=1S/C15H15F3N2/c1-3-12(13-7-5-10(16)8-19-13)20-15-11(17)6-4-9(2)14(15)18/h4-8,12,20H,3H2,1-2H3. The van der Waals surface area contributed by atoms with Gasteiger partial charge in [0.15, 0.2) is 5.82 Å². The molecule has 106 valence electrons. The Labute approximate surface area is 115 Å². The summed E-state index contributed by atoms with van der Waals surface area (Å²) < 4.78 is 40.5. The molecule has 0 aliphatic carbocycles. The number of anilines is 1. The molecule has 0 saturated carbocycles. The number of rotatable bonds is 4. The first-order valence-corrected chi connectivity index (χ1v) is 6.35. The molecule has 1 unspecified atom stereocenters. The fourth-order valence-corrected chi connectivity index (χ4v) is 1.94. The van der Waals surface area contributed by atoms with Crippen LogP contribution in [0.3, 0.4) is 0 Å². The normalized spacial score (nSPS) is 12.2. The van der Waals surface area contributed by atoms with Gasteiger partial charge < -0.3 is 5.32 Å². The van der Waals surface area contributed by atoms with Gasteiger partial charge in [0.25, 0.3) is 0 Å². The monoisotopic (exact) mass is 280 g/mol.